The Hall–Kier alpha value is -0.120. The fourth-order valence-corrected chi connectivity index (χ4v) is 4.10. The van der Waals surface area contributed by atoms with Crippen molar-refractivity contribution in [1.29, 1.82) is 0 Å². The first-order chi connectivity index (χ1) is 9.61. The second-order valence-corrected chi connectivity index (χ2v) is 7.30. The molecule has 0 bridgehead atoms. The first-order valence-corrected chi connectivity index (χ1v) is 8.57. The molecule has 4 unspecified atom stereocenters. The van der Waals surface area contributed by atoms with E-state index in [0.717, 1.165) is 31.0 Å². The molecule has 1 aliphatic carbocycles. The van der Waals surface area contributed by atoms with E-state index < -0.39 is 0 Å². The Morgan fingerprint density at radius 1 is 1.25 bits per heavy atom. The van der Waals surface area contributed by atoms with Crippen molar-refractivity contribution in [3.63, 3.8) is 0 Å². The minimum absolute atomic E-state index is 0.666. The molecule has 2 fully saturated rings. The van der Waals surface area contributed by atoms with Gasteiger partial charge in [-0.3, -0.25) is 0 Å². The van der Waals surface area contributed by atoms with Crippen molar-refractivity contribution in [2.75, 3.05) is 33.9 Å². The molecule has 4 atom stereocenters. The molecule has 0 radical (unpaired) electrons. The van der Waals surface area contributed by atoms with Crippen molar-refractivity contribution in [2.45, 2.75) is 58.0 Å². The maximum atomic E-state index is 5.64. The fourth-order valence-electron chi connectivity index (χ4n) is 4.10. The van der Waals surface area contributed by atoms with Crippen LogP contribution in [0.2, 0.25) is 0 Å². The van der Waals surface area contributed by atoms with Gasteiger partial charge in [-0.15, -0.1) is 0 Å². The lowest BCUT2D eigenvalue weighted by atomic mass is 9.76. The van der Waals surface area contributed by atoms with Crippen LogP contribution in [0.4, 0.5) is 0 Å². The SMILES string of the molecule is CNC1CCC(C(C)C)CC1N(C)CC1CCCOC1. The first-order valence-electron chi connectivity index (χ1n) is 8.57. The van der Waals surface area contributed by atoms with Gasteiger partial charge < -0.3 is 15.0 Å². The molecule has 0 spiro atoms. The second-order valence-electron chi connectivity index (χ2n) is 7.30. The Morgan fingerprint density at radius 2 is 2.05 bits per heavy atom. The van der Waals surface area contributed by atoms with Crippen LogP contribution in [0.15, 0.2) is 0 Å². The minimum atomic E-state index is 0.666. The van der Waals surface area contributed by atoms with Gasteiger partial charge in [0.15, 0.2) is 0 Å². The summed E-state index contributed by atoms with van der Waals surface area (Å²) < 4.78 is 5.64. The van der Waals surface area contributed by atoms with Crippen molar-refractivity contribution in [3.8, 4) is 0 Å². The zero-order valence-corrected chi connectivity index (χ0v) is 13.9. The van der Waals surface area contributed by atoms with Gasteiger partial charge >= 0.3 is 0 Å². The van der Waals surface area contributed by atoms with E-state index in [2.05, 4.69) is 38.2 Å². The predicted octanol–water partition coefficient (Wildman–Crippen LogP) is 2.76. The number of nitrogens with zero attached hydrogens (tertiary/aromatic N) is 1. The number of nitrogens with one attached hydrogen (secondary N) is 1. The van der Waals surface area contributed by atoms with Crippen molar-refractivity contribution in [3.05, 3.63) is 0 Å². The van der Waals surface area contributed by atoms with Gasteiger partial charge in [-0.1, -0.05) is 13.8 Å². The molecular weight excluding hydrogens is 248 g/mol. The van der Waals surface area contributed by atoms with Gasteiger partial charge in [0.1, 0.15) is 0 Å². The molecule has 0 aromatic heterocycles. The molecule has 1 saturated carbocycles. The van der Waals surface area contributed by atoms with Crippen LogP contribution in [0, 0.1) is 17.8 Å². The zero-order chi connectivity index (χ0) is 14.5. The predicted molar refractivity (Wildman–Crippen MR) is 85.0 cm³/mol. The maximum Gasteiger partial charge on any atom is 0.0506 e. The second kappa shape index (κ2) is 7.77. The molecule has 0 aromatic carbocycles. The highest BCUT2D eigenvalue weighted by molar-refractivity contribution is 4.91. The van der Waals surface area contributed by atoms with Gasteiger partial charge in [-0.05, 0) is 64.0 Å². The lowest BCUT2D eigenvalue weighted by molar-refractivity contribution is 0.0238. The third-order valence-corrected chi connectivity index (χ3v) is 5.54. The van der Waals surface area contributed by atoms with E-state index in [1.807, 2.05) is 0 Å². The van der Waals surface area contributed by atoms with E-state index in [1.54, 1.807) is 0 Å². The van der Waals surface area contributed by atoms with Crippen LogP contribution in [-0.2, 0) is 4.74 Å². The standard InChI is InChI=1S/C17H34N2O/c1-13(2)15-7-8-16(18-3)17(10-15)19(4)11-14-6-5-9-20-12-14/h13-18H,5-12H2,1-4H3. The molecule has 2 rings (SSSR count). The molecule has 118 valence electrons. The highest BCUT2D eigenvalue weighted by Gasteiger charge is 2.34. The van der Waals surface area contributed by atoms with Gasteiger partial charge in [-0.2, -0.15) is 0 Å². The molecule has 1 saturated heterocycles. The van der Waals surface area contributed by atoms with Crippen LogP contribution in [0.25, 0.3) is 0 Å². The van der Waals surface area contributed by atoms with E-state index in [-0.39, 0.29) is 0 Å². The van der Waals surface area contributed by atoms with Crippen molar-refractivity contribution >= 4 is 0 Å². The number of rotatable bonds is 5. The third-order valence-electron chi connectivity index (χ3n) is 5.54. The maximum absolute atomic E-state index is 5.64. The minimum Gasteiger partial charge on any atom is -0.381 e. The van der Waals surface area contributed by atoms with Gasteiger partial charge in [-0.25, -0.2) is 0 Å². The summed E-state index contributed by atoms with van der Waals surface area (Å²) in [6, 6.07) is 1.36. The summed E-state index contributed by atoms with van der Waals surface area (Å²) in [5.74, 6) is 2.46. The van der Waals surface area contributed by atoms with Crippen LogP contribution >= 0.6 is 0 Å². The van der Waals surface area contributed by atoms with E-state index in [9.17, 15) is 0 Å². The highest BCUT2D eigenvalue weighted by Crippen LogP contribution is 2.33. The van der Waals surface area contributed by atoms with E-state index in [1.165, 1.54) is 38.6 Å². The lowest BCUT2D eigenvalue weighted by Crippen LogP contribution is -2.53. The molecule has 0 aromatic rings. The van der Waals surface area contributed by atoms with Crippen molar-refractivity contribution < 1.29 is 4.74 Å². The quantitative estimate of drug-likeness (QED) is 0.839. The Bertz CT molecular complexity index is 276. The van der Waals surface area contributed by atoms with Crippen LogP contribution < -0.4 is 5.32 Å². The van der Waals surface area contributed by atoms with Crippen LogP contribution in [0.5, 0.6) is 0 Å². The monoisotopic (exact) mass is 282 g/mol. The van der Waals surface area contributed by atoms with Crippen LogP contribution in [-0.4, -0.2) is 50.8 Å². The van der Waals surface area contributed by atoms with E-state index >= 15 is 0 Å². The molecule has 3 nitrogen and oxygen atoms in total. The first kappa shape index (κ1) is 16.3. The smallest absolute Gasteiger partial charge is 0.0506 e. The normalized spacial score (nSPS) is 35.7. The number of hydrogen-bond donors (Lipinski definition) is 1. The summed E-state index contributed by atoms with van der Waals surface area (Å²) in [6.45, 7) is 7.91. The van der Waals surface area contributed by atoms with Gasteiger partial charge in [0.05, 0.1) is 6.61 Å². The topological polar surface area (TPSA) is 24.5 Å². The Balaban J connectivity index is 1.91. The number of hydrogen-bond acceptors (Lipinski definition) is 3. The zero-order valence-electron chi connectivity index (χ0n) is 13.9. The van der Waals surface area contributed by atoms with E-state index in [0.29, 0.717) is 12.1 Å². The Kier molecular flexibility index (Phi) is 6.31. The number of likely N-dealkylation sites (N-methyl/N-ethyl adjacent to an activating group) is 2. The molecule has 20 heavy (non-hydrogen) atoms. The average molecular weight is 282 g/mol. The summed E-state index contributed by atoms with van der Waals surface area (Å²) >= 11 is 0. The highest BCUT2D eigenvalue weighted by atomic mass is 16.5. The summed E-state index contributed by atoms with van der Waals surface area (Å²) in [5.41, 5.74) is 0. The molecule has 2 aliphatic rings. The van der Waals surface area contributed by atoms with Crippen molar-refractivity contribution in [1.82, 2.24) is 10.2 Å². The summed E-state index contributed by atoms with van der Waals surface area (Å²) in [7, 11) is 4.46. The van der Waals surface area contributed by atoms with E-state index in [4.69, 9.17) is 4.74 Å². The van der Waals surface area contributed by atoms with Gasteiger partial charge in [0, 0.05) is 25.2 Å². The summed E-state index contributed by atoms with van der Waals surface area (Å²) in [4.78, 5) is 2.62. The largest absolute Gasteiger partial charge is 0.381 e. The average Bonchev–Trinajstić information content (AvgIpc) is 2.47. The molecule has 1 aliphatic heterocycles. The van der Waals surface area contributed by atoms with Crippen molar-refractivity contribution in [2.24, 2.45) is 17.8 Å². The molecule has 3 heteroatoms. The molecule has 1 heterocycles. The molecule has 1 N–H and O–H groups in total. The molecule has 0 amide bonds. The summed E-state index contributed by atoms with van der Waals surface area (Å²) in [6.07, 6.45) is 6.66. The Morgan fingerprint density at radius 3 is 2.65 bits per heavy atom. The van der Waals surface area contributed by atoms with Crippen LogP contribution in [0.3, 0.4) is 0 Å². The third kappa shape index (κ3) is 4.19. The lowest BCUT2D eigenvalue weighted by Gasteiger charge is -2.43. The number of ether oxygens (including phenoxy) is 1. The van der Waals surface area contributed by atoms with Crippen LogP contribution in [0.1, 0.15) is 46.0 Å². The molecular formula is C17H34N2O. The van der Waals surface area contributed by atoms with Gasteiger partial charge in [0.25, 0.3) is 0 Å². The summed E-state index contributed by atoms with van der Waals surface area (Å²) in [5, 5.41) is 3.56. The van der Waals surface area contributed by atoms with Gasteiger partial charge in [0.2, 0.25) is 0 Å². The Labute approximate surface area is 125 Å². The fraction of sp³-hybridized carbons (Fsp3) is 1.00.